The molecule has 1 heterocycles. The topological polar surface area (TPSA) is 37.3 Å². The Kier molecular flexibility index (Phi) is 5.00. The van der Waals surface area contributed by atoms with E-state index in [4.69, 9.17) is 0 Å². The minimum Gasteiger partial charge on any atom is -0.253 e. The third-order valence-corrected chi connectivity index (χ3v) is 4.75. The second-order valence-electron chi connectivity index (χ2n) is 7.15. The minimum atomic E-state index is 0.168. The molecule has 3 aromatic rings. The molecule has 0 saturated carbocycles. The van der Waals surface area contributed by atoms with E-state index in [9.17, 15) is 0 Å². The molecule has 1 aromatic heterocycles. The molecule has 3 nitrogen and oxygen atoms in total. The number of nitrogens with zero attached hydrogens (tertiary/aromatic N) is 2. The lowest BCUT2D eigenvalue weighted by Gasteiger charge is -2.18. The van der Waals surface area contributed by atoms with Crippen LogP contribution in [-0.2, 0) is 5.41 Å². The van der Waals surface area contributed by atoms with Crippen molar-refractivity contribution in [3.05, 3.63) is 70.6 Å². The van der Waals surface area contributed by atoms with Gasteiger partial charge in [-0.1, -0.05) is 74.9 Å². The largest absolute Gasteiger partial charge is 0.253 e. The van der Waals surface area contributed by atoms with Crippen molar-refractivity contribution < 1.29 is 0 Å². The van der Waals surface area contributed by atoms with Crippen LogP contribution in [0.2, 0.25) is 0 Å². The lowest BCUT2D eigenvalue weighted by Crippen LogP contribution is -2.10. The van der Waals surface area contributed by atoms with Gasteiger partial charge in [0.25, 0.3) is 0 Å². The predicted octanol–water partition coefficient (Wildman–Crippen LogP) is 5.86. The monoisotopic (exact) mass is 349 g/mol. The molecule has 0 bridgehead atoms. The van der Waals surface area contributed by atoms with Crippen molar-refractivity contribution in [2.75, 3.05) is 5.43 Å². The molecule has 0 atom stereocenters. The zero-order valence-corrected chi connectivity index (χ0v) is 15.9. The van der Waals surface area contributed by atoms with Crippen molar-refractivity contribution in [1.29, 1.82) is 0 Å². The molecule has 0 aliphatic carbocycles. The Labute approximate surface area is 153 Å². The molecule has 0 fully saturated rings. The third-order valence-electron chi connectivity index (χ3n) is 4.00. The fraction of sp³-hybridized carbons (Fsp3) is 0.238. The Morgan fingerprint density at radius 1 is 1.00 bits per heavy atom. The van der Waals surface area contributed by atoms with Gasteiger partial charge in [-0.3, -0.25) is 5.43 Å². The fourth-order valence-electron chi connectivity index (χ4n) is 2.41. The number of aryl methyl sites for hydroxylation is 1. The predicted molar refractivity (Wildman–Crippen MR) is 109 cm³/mol. The average Bonchev–Trinajstić information content (AvgIpc) is 3.04. The number of nitrogens with one attached hydrogen (secondary N) is 1. The van der Waals surface area contributed by atoms with Crippen molar-refractivity contribution in [3.8, 4) is 11.3 Å². The number of rotatable bonds is 4. The molecule has 2 aromatic carbocycles. The van der Waals surface area contributed by atoms with Crippen molar-refractivity contribution in [3.63, 3.8) is 0 Å². The maximum absolute atomic E-state index is 4.58. The van der Waals surface area contributed by atoms with Gasteiger partial charge >= 0.3 is 0 Å². The summed E-state index contributed by atoms with van der Waals surface area (Å²) in [6.45, 7) is 8.73. The Morgan fingerprint density at radius 2 is 1.68 bits per heavy atom. The first kappa shape index (κ1) is 17.4. The van der Waals surface area contributed by atoms with E-state index in [2.05, 4.69) is 91.7 Å². The molecule has 0 aliphatic heterocycles. The summed E-state index contributed by atoms with van der Waals surface area (Å²) in [4.78, 5) is 4.58. The van der Waals surface area contributed by atoms with Gasteiger partial charge in [0, 0.05) is 10.9 Å². The van der Waals surface area contributed by atoms with E-state index in [0.29, 0.717) is 0 Å². The molecule has 128 valence electrons. The van der Waals surface area contributed by atoms with Gasteiger partial charge in [0.05, 0.1) is 11.9 Å². The van der Waals surface area contributed by atoms with E-state index in [1.807, 2.05) is 11.6 Å². The Balaban J connectivity index is 1.64. The van der Waals surface area contributed by atoms with Gasteiger partial charge < -0.3 is 0 Å². The van der Waals surface area contributed by atoms with Crippen LogP contribution >= 0.6 is 11.3 Å². The van der Waals surface area contributed by atoms with Crippen LogP contribution < -0.4 is 5.43 Å². The molecule has 0 radical (unpaired) electrons. The highest BCUT2D eigenvalue weighted by Crippen LogP contribution is 2.25. The summed E-state index contributed by atoms with van der Waals surface area (Å²) in [7, 11) is 0. The average molecular weight is 350 g/mol. The standard InChI is InChI=1S/C21H23N3S/c1-15-5-9-17(10-6-15)19-14-25-20(23-19)24-22-13-16-7-11-18(12-8-16)21(2,3)4/h5-14H,1-4H3,(H,23,24). The van der Waals surface area contributed by atoms with E-state index in [-0.39, 0.29) is 5.41 Å². The van der Waals surface area contributed by atoms with E-state index >= 15 is 0 Å². The van der Waals surface area contributed by atoms with Crippen LogP contribution in [0.1, 0.15) is 37.5 Å². The third kappa shape index (κ3) is 4.54. The first-order valence-electron chi connectivity index (χ1n) is 8.34. The lowest BCUT2D eigenvalue weighted by molar-refractivity contribution is 0.590. The molecule has 1 N–H and O–H groups in total. The SMILES string of the molecule is Cc1ccc(-c2csc(NN=Cc3ccc(C(C)(C)C)cc3)n2)cc1. The number of thiazole rings is 1. The van der Waals surface area contributed by atoms with Crippen LogP contribution in [-0.4, -0.2) is 11.2 Å². The molecule has 4 heteroatoms. The van der Waals surface area contributed by atoms with Crippen LogP contribution in [0.25, 0.3) is 11.3 Å². The first-order chi connectivity index (χ1) is 11.9. The van der Waals surface area contributed by atoms with Gasteiger partial charge in [-0.05, 0) is 23.5 Å². The first-order valence-corrected chi connectivity index (χ1v) is 9.22. The van der Waals surface area contributed by atoms with E-state index in [0.717, 1.165) is 22.0 Å². The summed E-state index contributed by atoms with van der Waals surface area (Å²) in [5, 5.41) is 7.13. The summed E-state index contributed by atoms with van der Waals surface area (Å²) in [5.74, 6) is 0. The van der Waals surface area contributed by atoms with Gasteiger partial charge in [-0.25, -0.2) is 4.98 Å². The molecule has 0 amide bonds. The number of benzene rings is 2. The Hall–Kier alpha value is -2.46. The number of anilines is 1. The molecule has 0 spiro atoms. The smallest absolute Gasteiger partial charge is 0.203 e. The number of hydrogen-bond acceptors (Lipinski definition) is 4. The normalized spacial score (nSPS) is 11.8. The van der Waals surface area contributed by atoms with Crippen LogP contribution in [0.15, 0.2) is 59.0 Å². The van der Waals surface area contributed by atoms with E-state index in [1.165, 1.54) is 11.1 Å². The van der Waals surface area contributed by atoms with Crippen molar-refractivity contribution in [1.82, 2.24) is 4.98 Å². The summed E-state index contributed by atoms with van der Waals surface area (Å²) in [6, 6.07) is 16.9. The second-order valence-corrected chi connectivity index (χ2v) is 8.00. The summed E-state index contributed by atoms with van der Waals surface area (Å²) < 4.78 is 0. The quantitative estimate of drug-likeness (QED) is 0.473. The molecule has 25 heavy (non-hydrogen) atoms. The minimum absolute atomic E-state index is 0.168. The Morgan fingerprint density at radius 3 is 2.32 bits per heavy atom. The van der Waals surface area contributed by atoms with Crippen LogP contribution in [0, 0.1) is 6.92 Å². The van der Waals surface area contributed by atoms with Gasteiger partial charge in [0.15, 0.2) is 0 Å². The summed E-state index contributed by atoms with van der Waals surface area (Å²) >= 11 is 1.55. The van der Waals surface area contributed by atoms with Gasteiger partial charge in [-0.2, -0.15) is 5.10 Å². The molecular weight excluding hydrogens is 326 g/mol. The second kappa shape index (κ2) is 7.19. The summed E-state index contributed by atoms with van der Waals surface area (Å²) in [6.07, 6.45) is 1.82. The molecule has 0 unspecified atom stereocenters. The zero-order valence-electron chi connectivity index (χ0n) is 15.1. The van der Waals surface area contributed by atoms with Crippen molar-refractivity contribution in [2.45, 2.75) is 33.1 Å². The lowest BCUT2D eigenvalue weighted by atomic mass is 9.87. The van der Waals surface area contributed by atoms with E-state index in [1.54, 1.807) is 11.3 Å². The van der Waals surface area contributed by atoms with Crippen LogP contribution in [0.4, 0.5) is 5.13 Å². The van der Waals surface area contributed by atoms with Gasteiger partial charge in [0.2, 0.25) is 5.13 Å². The van der Waals surface area contributed by atoms with Crippen molar-refractivity contribution in [2.24, 2.45) is 5.10 Å². The van der Waals surface area contributed by atoms with Crippen LogP contribution in [0.3, 0.4) is 0 Å². The molecule has 3 rings (SSSR count). The highest BCUT2D eigenvalue weighted by atomic mass is 32.1. The molecule has 0 aliphatic rings. The highest BCUT2D eigenvalue weighted by Gasteiger charge is 2.12. The van der Waals surface area contributed by atoms with E-state index < -0.39 is 0 Å². The zero-order chi connectivity index (χ0) is 17.9. The number of aromatic nitrogens is 1. The van der Waals surface area contributed by atoms with Gasteiger partial charge in [0.1, 0.15) is 0 Å². The number of hydrogen-bond donors (Lipinski definition) is 1. The maximum atomic E-state index is 4.58. The van der Waals surface area contributed by atoms with Gasteiger partial charge in [-0.15, -0.1) is 11.3 Å². The molecular formula is C21H23N3S. The Bertz CT molecular complexity index is 853. The number of hydrazone groups is 1. The maximum Gasteiger partial charge on any atom is 0.203 e. The van der Waals surface area contributed by atoms with Crippen LogP contribution in [0.5, 0.6) is 0 Å². The highest BCUT2D eigenvalue weighted by molar-refractivity contribution is 7.14. The fourth-order valence-corrected chi connectivity index (χ4v) is 3.08. The summed E-state index contributed by atoms with van der Waals surface area (Å²) in [5.41, 5.74) is 8.91. The van der Waals surface area contributed by atoms with Crippen molar-refractivity contribution >= 4 is 22.7 Å². The molecule has 0 saturated heterocycles.